The van der Waals surface area contributed by atoms with Gasteiger partial charge in [-0.15, -0.1) is 0 Å². The molecule has 29 heavy (non-hydrogen) atoms. The van der Waals surface area contributed by atoms with E-state index >= 15 is 0 Å². The van der Waals surface area contributed by atoms with E-state index in [1.807, 2.05) is 0 Å². The molecule has 150 valence electrons. The summed E-state index contributed by atoms with van der Waals surface area (Å²) >= 11 is 0. The number of methoxy groups -OCH3 is 1. The van der Waals surface area contributed by atoms with Crippen LogP contribution in [-0.2, 0) is 0 Å². The number of alkyl halides is 2. The van der Waals surface area contributed by atoms with Crippen molar-refractivity contribution in [2.24, 2.45) is 0 Å². The van der Waals surface area contributed by atoms with Crippen LogP contribution in [0.5, 0.6) is 17.2 Å². The summed E-state index contributed by atoms with van der Waals surface area (Å²) < 4.78 is 36.7. The molecule has 1 aromatic heterocycles. The summed E-state index contributed by atoms with van der Waals surface area (Å²) in [6, 6.07) is 11.2. The third-order valence-electron chi connectivity index (χ3n) is 3.74. The lowest BCUT2D eigenvalue weighted by molar-refractivity contribution is -0.384. The summed E-state index contributed by atoms with van der Waals surface area (Å²) in [7, 11) is 1.51. The number of benzene rings is 2. The Morgan fingerprint density at radius 2 is 1.83 bits per heavy atom. The normalized spacial score (nSPS) is 10.6. The highest BCUT2D eigenvalue weighted by Gasteiger charge is 2.19. The van der Waals surface area contributed by atoms with E-state index in [-0.39, 0.29) is 21.8 Å². The molecule has 0 aliphatic heterocycles. The molecule has 1 amide bonds. The molecule has 0 unspecified atom stereocenters. The van der Waals surface area contributed by atoms with Crippen LogP contribution < -0.4 is 14.8 Å². The molecule has 11 heteroatoms. The van der Waals surface area contributed by atoms with Gasteiger partial charge in [-0.1, -0.05) is 0 Å². The topological polar surface area (TPSA) is 109 Å². The third-order valence-corrected chi connectivity index (χ3v) is 3.74. The molecular formula is C18H14F2N4O5. The van der Waals surface area contributed by atoms with Crippen molar-refractivity contribution in [3.8, 4) is 17.2 Å². The van der Waals surface area contributed by atoms with Gasteiger partial charge in [0.1, 0.15) is 22.9 Å². The molecule has 0 saturated carbocycles. The Labute approximate surface area is 162 Å². The van der Waals surface area contributed by atoms with Gasteiger partial charge in [-0.25, -0.2) is 0 Å². The van der Waals surface area contributed by atoms with Gasteiger partial charge in [0.2, 0.25) is 0 Å². The molecule has 1 heterocycles. The maximum absolute atomic E-state index is 12.9. The lowest BCUT2D eigenvalue weighted by atomic mass is 10.2. The van der Waals surface area contributed by atoms with E-state index in [2.05, 4.69) is 10.4 Å². The van der Waals surface area contributed by atoms with E-state index in [0.717, 1.165) is 18.3 Å². The second-order valence-corrected chi connectivity index (χ2v) is 5.64. The van der Waals surface area contributed by atoms with Crippen molar-refractivity contribution in [3.63, 3.8) is 0 Å². The number of non-ortho nitro benzene ring substituents is 1. The van der Waals surface area contributed by atoms with E-state index in [0.29, 0.717) is 11.5 Å². The van der Waals surface area contributed by atoms with Gasteiger partial charge in [0.15, 0.2) is 0 Å². The maximum atomic E-state index is 12.9. The van der Waals surface area contributed by atoms with Crippen molar-refractivity contribution in [1.82, 2.24) is 9.78 Å². The molecule has 0 atom stereocenters. The van der Waals surface area contributed by atoms with Crippen LogP contribution in [0.3, 0.4) is 0 Å². The first-order valence-corrected chi connectivity index (χ1v) is 8.12. The number of nitro benzene ring substituents is 1. The van der Waals surface area contributed by atoms with Crippen LogP contribution in [0.25, 0.3) is 0 Å². The van der Waals surface area contributed by atoms with Gasteiger partial charge in [-0.2, -0.15) is 18.6 Å². The summed E-state index contributed by atoms with van der Waals surface area (Å²) in [6.45, 7) is -3.01. The van der Waals surface area contributed by atoms with E-state index < -0.39 is 23.1 Å². The van der Waals surface area contributed by atoms with E-state index in [4.69, 9.17) is 9.47 Å². The number of nitrogens with one attached hydrogen (secondary N) is 1. The van der Waals surface area contributed by atoms with Crippen LogP contribution >= 0.6 is 0 Å². The number of nitrogens with zero attached hydrogens (tertiary/aromatic N) is 3. The molecule has 0 fully saturated rings. The number of hydrogen-bond donors (Lipinski definition) is 1. The van der Waals surface area contributed by atoms with Crippen LogP contribution in [-0.4, -0.2) is 27.7 Å². The monoisotopic (exact) mass is 404 g/mol. The Morgan fingerprint density at radius 1 is 1.14 bits per heavy atom. The van der Waals surface area contributed by atoms with Crippen molar-refractivity contribution in [3.05, 3.63) is 70.5 Å². The molecule has 0 bridgehead atoms. The predicted octanol–water partition coefficient (Wildman–Crippen LogP) is 4.24. The summed E-state index contributed by atoms with van der Waals surface area (Å²) in [4.78, 5) is 22.8. The van der Waals surface area contributed by atoms with Gasteiger partial charge in [-0.05, 0) is 30.3 Å². The van der Waals surface area contributed by atoms with E-state index in [1.54, 1.807) is 24.3 Å². The largest absolute Gasteiger partial charge is 0.497 e. The zero-order valence-electron chi connectivity index (χ0n) is 14.9. The number of aromatic nitrogens is 2. The molecule has 9 nitrogen and oxygen atoms in total. The molecule has 0 saturated heterocycles. The van der Waals surface area contributed by atoms with Crippen molar-refractivity contribution >= 4 is 17.3 Å². The minimum atomic E-state index is -3.01. The SMILES string of the molecule is COc1ccc(Oc2cc(NC(=O)c3ccnn3C(F)F)cc([N+](=O)[O-])c2)cc1. The van der Waals surface area contributed by atoms with Crippen molar-refractivity contribution in [2.45, 2.75) is 6.55 Å². The predicted molar refractivity (Wildman–Crippen MR) is 97.6 cm³/mol. The Kier molecular flexibility index (Phi) is 5.67. The smallest absolute Gasteiger partial charge is 0.333 e. The van der Waals surface area contributed by atoms with Crippen LogP contribution in [0.4, 0.5) is 20.2 Å². The molecular weight excluding hydrogens is 390 g/mol. The quantitative estimate of drug-likeness (QED) is 0.466. The van der Waals surface area contributed by atoms with Gasteiger partial charge < -0.3 is 14.8 Å². The first kappa shape index (κ1) is 19.7. The average Bonchev–Trinajstić information content (AvgIpc) is 3.19. The highest BCUT2D eigenvalue weighted by Crippen LogP contribution is 2.31. The summed E-state index contributed by atoms with van der Waals surface area (Å²) in [5, 5.41) is 16.9. The average molecular weight is 404 g/mol. The van der Waals surface area contributed by atoms with E-state index in [9.17, 15) is 23.7 Å². The van der Waals surface area contributed by atoms with Gasteiger partial charge in [0.05, 0.1) is 23.8 Å². The van der Waals surface area contributed by atoms with Gasteiger partial charge >= 0.3 is 6.55 Å². The summed E-state index contributed by atoms with van der Waals surface area (Å²) in [6.07, 6.45) is 1.05. The molecule has 0 spiro atoms. The third kappa shape index (κ3) is 4.64. The molecule has 3 aromatic rings. The first-order valence-electron chi connectivity index (χ1n) is 8.12. The Bertz CT molecular complexity index is 1040. The molecule has 1 N–H and O–H groups in total. The standard InChI is InChI=1S/C18H14F2N4O5/c1-28-13-2-4-14(5-3-13)29-15-9-11(8-12(10-15)24(26)27)22-17(25)16-6-7-21-23(16)18(19)20/h2-10,18H,1H3,(H,22,25). The van der Waals surface area contributed by atoms with Crippen LogP contribution in [0.2, 0.25) is 0 Å². The van der Waals surface area contributed by atoms with Gasteiger partial charge in [-0.3, -0.25) is 14.9 Å². The number of carbonyl (C=O) groups excluding carboxylic acids is 1. The Hall–Kier alpha value is -4.02. The number of halogens is 2. The van der Waals surface area contributed by atoms with Crippen molar-refractivity contribution < 1.29 is 28.0 Å². The molecule has 0 aliphatic rings. The number of carbonyl (C=O) groups is 1. The maximum Gasteiger partial charge on any atom is 0.333 e. The Balaban J connectivity index is 1.87. The van der Waals surface area contributed by atoms with E-state index in [1.165, 1.54) is 19.2 Å². The second kappa shape index (κ2) is 8.33. The van der Waals surface area contributed by atoms with Gasteiger partial charge in [0.25, 0.3) is 11.6 Å². The first-order chi connectivity index (χ1) is 13.9. The fraction of sp³-hybridized carbons (Fsp3) is 0.111. The lowest BCUT2D eigenvalue weighted by Gasteiger charge is -2.10. The summed E-state index contributed by atoms with van der Waals surface area (Å²) in [5.74, 6) is 0.139. The number of hydrogen-bond acceptors (Lipinski definition) is 6. The zero-order valence-corrected chi connectivity index (χ0v) is 14.9. The minimum Gasteiger partial charge on any atom is -0.497 e. The fourth-order valence-electron chi connectivity index (χ4n) is 2.44. The highest BCUT2D eigenvalue weighted by molar-refractivity contribution is 6.03. The van der Waals surface area contributed by atoms with Crippen molar-refractivity contribution in [2.75, 3.05) is 12.4 Å². The number of anilines is 1. The number of amides is 1. The molecule has 0 aliphatic carbocycles. The number of rotatable bonds is 7. The molecule has 3 rings (SSSR count). The molecule has 2 aromatic carbocycles. The summed E-state index contributed by atoms with van der Waals surface area (Å²) in [5.41, 5.74) is -0.757. The zero-order chi connectivity index (χ0) is 21.0. The Morgan fingerprint density at radius 3 is 2.45 bits per heavy atom. The van der Waals surface area contributed by atoms with Crippen molar-refractivity contribution in [1.29, 1.82) is 0 Å². The molecule has 0 radical (unpaired) electrons. The lowest BCUT2D eigenvalue weighted by Crippen LogP contribution is -2.18. The highest BCUT2D eigenvalue weighted by atomic mass is 19.3. The number of ether oxygens (including phenoxy) is 2. The van der Waals surface area contributed by atoms with Crippen LogP contribution in [0.15, 0.2) is 54.7 Å². The second-order valence-electron chi connectivity index (χ2n) is 5.64. The number of nitro groups is 1. The van der Waals surface area contributed by atoms with Crippen LogP contribution in [0, 0.1) is 10.1 Å². The minimum absolute atomic E-state index is 0.00488. The van der Waals surface area contributed by atoms with Crippen LogP contribution in [0.1, 0.15) is 17.0 Å². The van der Waals surface area contributed by atoms with Gasteiger partial charge in [0, 0.05) is 18.3 Å². The fourth-order valence-corrected chi connectivity index (χ4v) is 2.44.